The third kappa shape index (κ3) is 2.24. The molecule has 17 heavy (non-hydrogen) atoms. The molecule has 1 aromatic heterocycles. The maximum atomic E-state index is 6.28. The Morgan fingerprint density at radius 3 is 2.59 bits per heavy atom. The lowest BCUT2D eigenvalue weighted by molar-refractivity contribution is 0.188. The van der Waals surface area contributed by atoms with E-state index in [1.807, 2.05) is 6.20 Å². The highest BCUT2D eigenvalue weighted by Crippen LogP contribution is 2.33. The molecule has 1 aromatic rings. The Bertz CT molecular complexity index is 369. The molecule has 2 atom stereocenters. The molecule has 1 aliphatic heterocycles. The van der Waals surface area contributed by atoms with Gasteiger partial charge in [-0.3, -0.25) is 9.58 Å². The fourth-order valence-electron chi connectivity index (χ4n) is 2.80. The van der Waals surface area contributed by atoms with Crippen LogP contribution in [-0.2, 0) is 0 Å². The van der Waals surface area contributed by atoms with Crippen LogP contribution in [0, 0.1) is 0 Å². The van der Waals surface area contributed by atoms with E-state index < -0.39 is 0 Å². The van der Waals surface area contributed by atoms with Crippen molar-refractivity contribution < 1.29 is 0 Å². The number of hydrogen-bond acceptors (Lipinski definition) is 3. The maximum Gasteiger partial charge on any atom is 0.0673 e. The summed E-state index contributed by atoms with van der Waals surface area (Å²) in [5, 5.41) is 4.42. The van der Waals surface area contributed by atoms with Crippen molar-refractivity contribution >= 4 is 0 Å². The van der Waals surface area contributed by atoms with Gasteiger partial charge in [0.25, 0.3) is 0 Å². The van der Waals surface area contributed by atoms with Crippen LogP contribution in [-0.4, -0.2) is 33.3 Å². The summed E-state index contributed by atoms with van der Waals surface area (Å²) in [5.41, 5.74) is 7.55. The van der Waals surface area contributed by atoms with E-state index in [1.165, 1.54) is 5.69 Å². The van der Waals surface area contributed by atoms with Gasteiger partial charge in [-0.15, -0.1) is 0 Å². The van der Waals surface area contributed by atoms with Gasteiger partial charge in [0.2, 0.25) is 0 Å². The monoisotopic (exact) mass is 236 g/mol. The van der Waals surface area contributed by atoms with Gasteiger partial charge in [0.15, 0.2) is 0 Å². The molecule has 0 radical (unpaired) electrons. The molecule has 1 fully saturated rings. The van der Waals surface area contributed by atoms with Gasteiger partial charge in [0, 0.05) is 30.9 Å². The standard InChI is InChI=1S/C13H24N4/c1-9(2)16-8-6-11(14)13(16)12-5-7-15-17(12)10(3)4/h5,7,9-11,13H,6,8,14H2,1-4H3/t11-,13-/m0/s1. The minimum absolute atomic E-state index is 0.228. The zero-order chi connectivity index (χ0) is 12.6. The van der Waals surface area contributed by atoms with E-state index in [9.17, 15) is 0 Å². The van der Waals surface area contributed by atoms with Crippen molar-refractivity contribution in [2.24, 2.45) is 5.73 Å². The summed E-state index contributed by atoms with van der Waals surface area (Å²) in [6.45, 7) is 9.89. The van der Waals surface area contributed by atoms with Gasteiger partial charge in [-0.05, 0) is 40.2 Å². The van der Waals surface area contributed by atoms with Gasteiger partial charge in [-0.1, -0.05) is 0 Å². The molecule has 1 aliphatic rings. The van der Waals surface area contributed by atoms with Crippen molar-refractivity contribution in [1.29, 1.82) is 0 Å². The van der Waals surface area contributed by atoms with Crippen LogP contribution in [0.1, 0.15) is 51.9 Å². The van der Waals surface area contributed by atoms with Crippen molar-refractivity contribution in [2.45, 2.75) is 58.3 Å². The fraction of sp³-hybridized carbons (Fsp3) is 0.769. The highest BCUT2D eigenvalue weighted by Gasteiger charge is 2.36. The lowest BCUT2D eigenvalue weighted by Crippen LogP contribution is -2.37. The van der Waals surface area contributed by atoms with Gasteiger partial charge in [-0.25, -0.2) is 0 Å². The first-order chi connectivity index (χ1) is 8.02. The first-order valence-electron chi connectivity index (χ1n) is 6.57. The van der Waals surface area contributed by atoms with E-state index in [1.54, 1.807) is 0 Å². The lowest BCUT2D eigenvalue weighted by Gasteiger charge is -2.31. The molecular formula is C13H24N4. The molecule has 0 unspecified atom stereocenters. The first-order valence-corrected chi connectivity index (χ1v) is 6.57. The molecule has 0 amide bonds. The van der Waals surface area contributed by atoms with E-state index in [2.05, 4.69) is 48.4 Å². The molecule has 2 heterocycles. The number of likely N-dealkylation sites (tertiary alicyclic amines) is 1. The summed E-state index contributed by atoms with van der Waals surface area (Å²) in [6.07, 6.45) is 2.96. The quantitative estimate of drug-likeness (QED) is 0.872. The zero-order valence-electron chi connectivity index (χ0n) is 11.3. The van der Waals surface area contributed by atoms with Crippen molar-refractivity contribution in [1.82, 2.24) is 14.7 Å². The van der Waals surface area contributed by atoms with Crippen molar-refractivity contribution in [3.8, 4) is 0 Å². The average Bonchev–Trinajstić information content (AvgIpc) is 2.82. The second-order valence-electron chi connectivity index (χ2n) is 5.52. The third-order valence-corrected chi connectivity index (χ3v) is 3.64. The average molecular weight is 236 g/mol. The minimum atomic E-state index is 0.228. The van der Waals surface area contributed by atoms with Crippen molar-refractivity contribution in [2.75, 3.05) is 6.54 Å². The van der Waals surface area contributed by atoms with Crippen LogP contribution in [0.15, 0.2) is 12.3 Å². The van der Waals surface area contributed by atoms with Gasteiger partial charge in [0.05, 0.1) is 11.7 Å². The molecule has 0 saturated carbocycles. The second kappa shape index (κ2) is 4.78. The lowest BCUT2D eigenvalue weighted by atomic mass is 10.1. The Balaban J connectivity index is 2.33. The Labute approximate surface area is 104 Å². The number of nitrogens with two attached hydrogens (primary N) is 1. The summed E-state index contributed by atoms with van der Waals surface area (Å²) in [4.78, 5) is 2.49. The van der Waals surface area contributed by atoms with E-state index in [4.69, 9.17) is 5.73 Å². The first kappa shape index (κ1) is 12.6. The minimum Gasteiger partial charge on any atom is -0.326 e. The van der Waals surface area contributed by atoms with Crippen LogP contribution in [0.3, 0.4) is 0 Å². The van der Waals surface area contributed by atoms with E-state index >= 15 is 0 Å². The van der Waals surface area contributed by atoms with Gasteiger partial charge in [0.1, 0.15) is 0 Å². The summed E-state index contributed by atoms with van der Waals surface area (Å²) >= 11 is 0. The second-order valence-corrected chi connectivity index (χ2v) is 5.52. The third-order valence-electron chi connectivity index (χ3n) is 3.64. The van der Waals surface area contributed by atoms with Gasteiger partial charge < -0.3 is 5.73 Å². The number of hydrogen-bond donors (Lipinski definition) is 1. The molecule has 4 heteroatoms. The molecular weight excluding hydrogens is 212 g/mol. The summed E-state index contributed by atoms with van der Waals surface area (Å²) < 4.78 is 2.10. The zero-order valence-corrected chi connectivity index (χ0v) is 11.3. The Morgan fingerprint density at radius 2 is 2.00 bits per heavy atom. The highest BCUT2D eigenvalue weighted by molar-refractivity contribution is 5.14. The number of aromatic nitrogens is 2. The fourth-order valence-corrected chi connectivity index (χ4v) is 2.80. The maximum absolute atomic E-state index is 6.28. The van der Waals surface area contributed by atoms with E-state index in [0.29, 0.717) is 18.1 Å². The molecule has 0 bridgehead atoms. The van der Waals surface area contributed by atoms with Crippen LogP contribution < -0.4 is 5.73 Å². The molecule has 0 spiro atoms. The van der Waals surface area contributed by atoms with Crippen LogP contribution in [0.2, 0.25) is 0 Å². The predicted molar refractivity (Wildman–Crippen MR) is 69.8 cm³/mol. The highest BCUT2D eigenvalue weighted by atomic mass is 15.3. The molecule has 4 nitrogen and oxygen atoms in total. The van der Waals surface area contributed by atoms with Crippen LogP contribution >= 0.6 is 0 Å². The van der Waals surface area contributed by atoms with Crippen LogP contribution in [0.4, 0.5) is 0 Å². The van der Waals surface area contributed by atoms with E-state index in [0.717, 1.165) is 13.0 Å². The molecule has 2 N–H and O–H groups in total. The van der Waals surface area contributed by atoms with Crippen molar-refractivity contribution in [3.63, 3.8) is 0 Å². The molecule has 0 aliphatic carbocycles. The summed E-state index contributed by atoms with van der Waals surface area (Å²) in [7, 11) is 0. The molecule has 0 aromatic carbocycles. The van der Waals surface area contributed by atoms with Crippen LogP contribution in [0.25, 0.3) is 0 Å². The van der Waals surface area contributed by atoms with Gasteiger partial charge >= 0.3 is 0 Å². The summed E-state index contributed by atoms with van der Waals surface area (Å²) in [6, 6.07) is 3.59. The Kier molecular flexibility index (Phi) is 3.54. The Hall–Kier alpha value is -0.870. The van der Waals surface area contributed by atoms with Crippen molar-refractivity contribution in [3.05, 3.63) is 18.0 Å². The normalized spacial score (nSPS) is 26.3. The predicted octanol–water partition coefficient (Wildman–Crippen LogP) is 1.95. The SMILES string of the molecule is CC(C)N1CC[C@H](N)[C@H]1c1ccnn1C(C)C. The molecule has 96 valence electrons. The van der Waals surface area contributed by atoms with E-state index in [-0.39, 0.29) is 6.04 Å². The van der Waals surface area contributed by atoms with Crippen LogP contribution in [0.5, 0.6) is 0 Å². The van der Waals surface area contributed by atoms with Gasteiger partial charge in [-0.2, -0.15) is 5.10 Å². The number of rotatable bonds is 3. The molecule has 1 saturated heterocycles. The number of nitrogens with zero attached hydrogens (tertiary/aromatic N) is 3. The Morgan fingerprint density at radius 1 is 1.29 bits per heavy atom. The largest absolute Gasteiger partial charge is 0.326 e. The topological polar surface area (TPSA) is 47.1 Å². The molecule has 2 rings (SSSR count). The summed E-state index contributed by atoms with van der Waals surface area (Å²) in [5.74, 6) is 0. The smallest absolute Gasteiger partial charge is 0.0673 e.